The fourth-order valence-electron chi connectivity index (χ4n) is 1.39. The summed E-state index contributed by atoms with van der Waals surface area (Å²) in [6, 6.07) is 6.40. The van der Waals surface area contributed by atoms with Crippen LogP contribution in [0.3, 0.4) is 0 Å². The summed E-state index contributed by atoms with van der Waals surface area (Å²) in [5.74, 6) is -0.363. The second-order valence-electron chi connectivity index (χ2n) is 3.11. The highest BCUT2D eigenvalue weighted by Crippen LogP contribution is 2.19. The molecule has 0 saturated carbocycles. The molecule has 0 unspecified atom stereocenters. The summed E-state index contributed by atoms with van der Waals surface area (Å²) in [6.45, 7) is 6.87. The van der Waals surface area contributed by atoms with Gasteiger partial charge < -0.3 is 4.90 Å². The summed E-state index contributed by atoms with van der Waals surface area (Å²) in [6.07, 6.45) is 1.72. The van der Waals surface area contributed by atoms with Gasteiger partial charge >= 0.3 is 0 Å². The van der Waals surface area contributed by atoms with Crippen LogP contribution in [-0.2, 0) is 0 Å². The number of hydrogen-bond donors (Lipinski definition) is 0. The van der Waals surface area contributed by atoms with E-state index in [1.165, 1.54) is 6.07 Å². The summed E-state index contributed by atoms with van der Waals surface area (Å²) >= 11 is 0. The van der Waals surface area contributed by atoms with Crippen molar-refractivity contribution >= 4 is 5.69 Å². The summed E-state index contributed by atoms with van der Waals surface area (Å²) in [7, 11) is 0. The molecular weight excluding hydrogens is 191 g/mol. The quantitative estimate of drug-likeness (QED) is 0.705. The van der Waals surface area contributed by atoms with Gasteiger partial charge in [0, 0.05) is 13.1 Å². The Morgan fingerprint density at radius 1 is 1.60 bits per heavy atom. The molecule has 0 atom stereocenters. The van der Waals surface area contributed by atoms with Crippen LogP contribution < -0.4 is 4.90 Å². The molecule has 0 amide bonds. The van der Waals surface area contributed by atoms with Crippen LogP contribution in [0.15, 0.2) is 30.9 Å². The highest BCUT2D eigenvalue weighted by molar-refractivity contribution is 5.51. The number of benzene rings is 1. The lowest BCUT2D eigenvalue weighted by atomic mass is 10.2. The van der Waals surface area contributed by atoms with E-state index < -0.39 is 0 Å². The molecule has 0 aliphatic heterocycles. The first-order valence-electron chi connectivity index (χ1n) is 4.78. The SMILES string of the molecule is C=CCN(CC)c1ccc(C#N)cc1F. The van der Waals surface area contributed by atoms with E-state index in [9.17, 15) is 4.39 Å². The molecule has 1 aromatic rings. The van der Waals surface area contributed by atoms with Crippen molar-refractivity contribution in [3.8, 4) is 6.07 Å². The Kier molecular flexibility index (Phi) is 3.87. The fraction of sp³-hybridized carbons (Fsp3) is 0.250. The van der Waals surface area contributed by atoms with Gasteiger partial charge in [0.2, 0.25) is 0 Å². The molecule has 0 aliphatic carbocycles. The molecule has 3 heteroatoms. The maximum Gasteiger partial charge on any atom is 0.147 e. The lowest BCUT2D eigenvalue weighted by molar-refractivity contribution is 0.621. The highest BCUT2D eigenvalue weighted by Gasteiger charge is 2.08. The smallest absolute Gasteiger partial charge is 0.147 e. The standard InChI is InChI=1S/C12H13FN2/c1-3-7-15(4-2)12-6-5-10(9-14)8-11(12)13/h3,5-6,8H,1,4,7H2,2H3. The number of nitriles is 1. The number of anilines is 1. The van der Waals surface area contributed by atoms with Crippen molar-refractivity contribution in [2.75, 3.05) is 18.0 Å². The van der Waals surface area contributed by atoms with Gasteiger partial charge in [-0.2, -0.15) is 5.26 Å². The third-order valence-electron chi connectivity index (χ3n) is 2.15. The maximum atomic E-state index is 13.6. The predicted octanol–water partition coefficient (Wildman–Crippen LogP) is 2.71. The Hall–Kier alpha value is -1.82. The Bertz CT molecular complexity index is 393. The molecule has 0 radical (unpaired) electrons. The average molecular weight is 204 g/mol. The van der Waals surface area contributed by atoms with Gasteiger partial charge in [-0.25, -0.2) is 4.39 Å². The zero-order chi connectivity index (χ0) is 11.3. The van der Waals surface area contributed by atoms with Crippen LogP contribution in [0.2, 0.25) is 0 Å². The largest absolute Gasteiger partial charge is 0.366 e. The van der Waals surface area contributed by atoms with E-state index >= 15 is 0 Å². The molecule has 0 fully saturated rings. The van der Waals surface area contributed by atoms with Crippen LogP contribution >= 0.6 is 0 Å². The first-order chi connectivity index (χ1) is 7.22. The maximum absolute atomic E-state index is 13.6. The first-order valence-corrected chi connectivity index (χ1v) is 4.78. The van der Waals surface area contributed by atoms with E-state index in [0.29, 0.717) is 24.3 Å². The second-order valence-corrected chi connectivity index (χ2v) is 3.11. The van der Waals surface area contributed by atoms with Gasteiger partial charge in [-0.15, -0.1) is 6.58 Å². The van der Waals surface area contributed by atoms with Gasteiger partial charge in [0.15, 0.2) is 0 Å². The minimum absolute atomic E-state index is 0.339. The topological polar surface area (TPSA) is 27.0 Å². The van der Waals surface area contributed by atoms with Crippen molar-refractivity contribution in [3.63, 3.8) is 0 Å². The summed E-state index contributed by atoms with van der Waals surface area (Å²) in [5.41, 5.74) is 0.849. The number of nitrogens with zero attached hydrogens (tertiary/aromatic N) is 2. The molecule has 2 nitrogen and oxygen atoms in total. The average Bonchev–Trinajstić information content (AvgIpc) is 2.26. The fourth-order valence-corrected chi connectivity index (χ4v) is 1.39. The number of hydrogen-bond acceptors (Lipinski definition) is 2. The van der Waals surface area contributed by atoms with Crippen LogP contribution in [0, 0.1) is 17.1 Å². The monoisotopic (exact) mass is 204 g/mol. The number of likely N-dealkylation sites (N-methyl/N-ethyl adjacent to an activating group) is 1. The summed E-state index contributed by atoms with van der Waals surface area (Å²) in [5, 5.41) is 8.61. The Morgan fingerprint density at radius 3 is 2.80 bits per heavy atom. The zero-order valence-corrected chi connectivity index (χ0v) is 8.70. The molecular formula is C12H13FN2. The lowest BCUT2D eigenvalue weighted by Gasteiger charge is -2.21. The molecule has 78 valence electrons. The zero-order valence-electron chi connectivity index (χ0n) is 8.70. The van der Waals surface area contributed by atoms with Gasteiger partial charge in [-0.05, 0) is 25.1 Å². The van der Waals surface area contributed by atoms with Crippen LogP contribution in [0.4, 0.5) is 10.1 Å². The summed E-state index contributed by atoms with van der Waals surface area (Å²) in [4.78, 5) is 1.85. The van der Waals surface area contributed by atoms with Gasteiger partial charge in [-0.3, -0.25) is 0 Å². The molecule has 0 N–H and O–H groups in total. The van der Waals surface area contributed by atoms with Crippen LogP contribution in [0.1, 0.15) is 12.5 Å². The minimum atomic E-state index is -0.363. The van der Waals surface area contributed by atoms with Gasteiger partial charge in [0.05, 0.1) is 17.3 Å². The van der Waals surface area contributed by atoms with Crippen molar-refractivity contribution in [2.24, 2.45) is 0 Å². The van der Waals surface area contributed by atoms with E-state index in [1.54, 1.807) is 18.2 Å². The Labute approximate surface area is 89.2 Å². The Balaban J connectivity index is 3.03. The van der Waals surface area contributed by atoms with Crippen molar-refractivity contribution in [1.29, 1.82) is 5.26 Å². The van der Waals surface area contributed by atoms with E-state index in [0.717, 1.165) is 0 Å². The first kappa shape index (κ1) is 11.3. The van der Waals surface area contributed by atoms with Crippen molar-refractivity contribution < 1.29 is 4.39 Å². The summed E-state index contributed by atoms with van der Waals surface area (Å²) < 4.78 is 13.6. The molecule has 0 heterocycles. The van der Waals surface area contributed by atoms with Crippen LogP contribution in [0.5, 0.6) is 0 Å². The molecule has 15 heavy (non-hydrogen) atoms. The molecule has 0 aliphatic rings. The Morgan fingerprint density at radius 2 is 2.33 bits per heavy atom. The van der Waals surface area contributed by atoms with Crippen LogP contribution in [0.25, 0.3) is 0 Å². The second kappa shape index (κ2) is 5.16. The molecule has 1 aromatic carbocycles. The number of halogens is 1. The highest BCUT2D eigenvalue weighted by atomic mass is 19.1. The number of rotatable bonds is 4. The van der Waals surface area contributed by atoms with Gasteiger partial charge in [0.25, 0.3) is 0 Å². The molecule has 0 aromatic heterocycles. The van der Waals surface area contributed by atoms with Crippen LogP contribution in [-0.4, -0.2) is 13.1 Å². The van der Waals surface area contributed by atoms with E-state index in [4.69, 9.17) is 5.26 Å². The predicted molar refractivity (Wildman–Crippen MR) is 59.2 cm³/mol. The third-order valence-corrected chi connectivity index (χ3v) is 2.15. The van der Waals surface area contributed by atoms with Crippen molar-refractivity contribution in [2.45, 2.75) is 6.92 Å². The molecule has 1 rings (SSSR count). The van der Waals surface area contributed by atoms with Crippen molar-refractivity contribution in [1.82, 2.24) is 0 Å². The minimum Gasteiger partial charge on any atom is -0.366 e. The van der Waals surface area contributed by atoms with E-state index in [-0.39, 0.29) is 5.82 Å². The lowest BCUT2D eigenvalue weighted by Crippen LogP contribution is -2.23. The van der Waals surface area contributed by atoms with E-state index in [1.807, 2.05) is 17.9 Å². The van der Waals surface area contributed by atoms with Crippen molar-refractivity contribution in [3.05, 3.63) is 42.2 Å². The van der Waals surface area contributed by atoms with Gasteiger partial charge in [0.1, 0.15) is 5.82 Å². The molecule has 0 saturated heterocycles. The van der Waals surface area contributed by atoms with Gasteiger partial charge in [-0.1, -0.05) is 6.08 Å². The molecule has 0 spiro atoms. The molecule has 0 bridgehead atoms. The van der Waals surface area contributed by atoms with E-state index in [2.05, 4.69) is 6.58 Å². The third kappa shape index (κ3) is 2.57. The normalized spacial score (nSPS) is 9.40.